The third-order valence-corrected chi connectivity index (χ3v) is 1.78. The molecule has 1 aromatic heterocycles. The number of hydrogen-bond donors (Lipinski definition) is 0. The van der Waals surface area contributed by atoms with Crippen molar-refractivity contribution in [3.63, 3.8) is 0 Å². The van der Waals surface area contributed by atoms with Crippen LogP contribution in [-0.4, -0.2) is 44.8 Å². The van der Waals surface area contributed by atoms with Crippen LogP contribution in [0.3, 0.4) is 0 Å². The fourth-order valence-corrected chi connectivity index (χ4v) is 1.41. The van der Waals surface area contributed by atoms with E-state index >= 15 is 0 Å². The lowest BCUT2D eigenvalue weighted by molar-refractivity contribution is 0.505. The van der Waals surface area contributed by atoms with Gasteiger partial charge in [0, 0.05) is 0 Å². The number of furan rings is 1. The van der Waals surface area contributed by atoms with Crippen LogP contribution in [0.25, 0.3) is 0 Å². The van der Waals surface area contributed by atoms with Gasteiger partial charge in [0.1, 0.15) is 5.66 Å². The van der Waals surface area contributed by atoms with Crippen molar-refractivity contribution < 1.29 is 4.42 Å². The Hall–Kier alpha value is -0.735. The van der Waals surface area contributed by atoms with Gasteiger partial charge in [-0.15, -0.1) is 0 Å². The van der Waals surface area contributed by atoms with Crippen LogP contribution in [0.1, 0.15) is 0 Å². The molecule has 1 rings (SSSR count). The number of rotatable bonds is 3. The van der Waals surface area contributed by atoms with E-state index < -0.39 is 0 Å². The van der Waals surface area contributed by atoms with Crippen molar-refractivity contribution in [2.75, 3.05) is 28.2 Å². The summed E-state index contributed by atoms with van der Waals surface area (Å²) in [5.74, 6) is 0. The Morgan fingerprint density at radius 1 is 1.17 bits per heavy atom. The SMILES string of the molecule is CN(C)B(c1ccco1)N(C)C. The highest BCUT2D eigenvalue weighted by Gasteiger charge is 2.25. The van der Waals surface area contributed by atoms with Crippen molar-refractivity contribution in [2.24, 2.45) is 0 Å². The van der Waals surface area contributed by atoms with Crippen molar-refractivity contribution in [1.82, 2.24) is 9.62 Å². The molecule has 0 spiro atoms. The Balaban J connectivity index is 2.81. The third kappa shape index (κ3) is 1.90. The van der Waals surface area contributed by atoms with Crippen molar-refractivity contribution >= 4 is 12.6 Å². The Morgan fingerprint density at radius 2 is 1.75 bits per heavy atom. The molecule has 0 atom stereocenters. The van der Waals surface area contributed by atoms with Crippen molar-refractivity contribution in [2.45, 2.75) is 0 Å². The zero-order valence-electron chi connectivity index (χ0n) is 8.11. The van der Waals surface area contributed by atoms with E-state index in [-0.39, 0.29) is 6.98 Å². The minimum Gasteiger partial charge on any atom is -0.476 e. The monoisotopic (exact) mass is 166 g/mol. The van der Waals surface area contributed by atoms with Crippen molar-refractivity contribution in [3.05, 3.63) is 18.4 Å². The predicted octanol–water partition coefficient (Wildman–Crippen LogP) is 0.0980. The molecule has 0 unspecified atom stereocenters. The largest absolute Gasteiger partial charge is 0.476 e. The van der Waals surface area contributed by atoms with Crippen LogP contribution in [0.15, 0.2) is 22.8 Å². The lowest BCUT2D eigenvalue weighted by Gasteiger charge is -2.24. The molecule has 0 aliphatic carbocycles. The Kier molecular flexibility index (Phi) is 2.95. The maximum absolute atomic E-state index is 5.33. The van der Waals surface area contributed by atoms with Gasteiger partial charge in [-0.2, -0.15) is 0 Å². The van der Waals surface area contributed by atoms with E-state index in [9.17, 15) is 0 Å². The molecule has 1 heterocycles. The van der Waals surface area contributed by atoms with E-state index in [4.69, 9.17) is 4.42 Å². The van der Waals surface area contributed by atoms with Gasteiger partial charge in [-0.3, -0.25) is 0 Å². The van der Waals surface area contributed by atoms with E-state index in [0.29, 0.717) is 0 Å². The van der Waals surface area contributed by atoms with Crippen molar-refractivity contribution in [3.8, 4) is 0 Å². The Labute approximate surface area is 74.1 Å². The van der Waals surface area contributed by atoms with Gasteiger partial charge >= 0.3 is 6.98 Å². The van der Waals surface area contributed by atoms with Crippen LogP contribution < -0.4 is 5.66 Å². The molecule has 0 N–H and O–H groups in total. The van der Waals surface area contributed by atoms with Gasteiger partial charge in [0.05, 0.1) is 6.26 Å². The molecular weight excluding hydrogens is 151 g/mol. The standard InChI is InChI=1S/C8H15BN2O/c1-10(2)9(11(3)4)8-6-5-7-12-8/h5-7H,1-4H3. The highest BCUT2D eigenvalue weighted by Crippen LogP contribution is 1.94. The van der Waals surface area contributed by atoms with Gasteiger partial charge in [-0.25, -0.2) is 0 Å². The maximum Gasteiger partial charge on any atom is 0.386 e. The molecule has 4 heteroatoms. The van der Waals surface area contributed by atoms with E-state index in [1.165, 1.54) is 0 Å². The molecule has 0 bridgehead atoms. The summed E-state index contributed by atoms with van der Waals surface area (Å²) < 4.78 is 5.33. The van der Waals surface area contributed by atoms with E-state index in [1.54, 1.807) is 6.26 Å². The summed E-state index contributed by atoms with van der Waals surface area (Å²) >= 11 is 0. The predicted molar refractivity (Wildman–Crippen MR) is 51.5 cm³/mol. The van der Waals surface area contributed by atoms with Gasteiger partial charge in [-0.1, -0.05) is 0 Å². The fraction of sp³-hybridized carbons (Fsp3) is 0.500. The second-order valence-corrected chi connectivity index (χ2v) is 3.32. The molecule has 0 aliphatic heterocycles. The molecule has 66 valence electrons. The summed E-state index contributed by atoms with van der Waals surface area (Å²) in [5, 5.41) is 0. The van der Waals surface area contributed by atoms with Gasteiger partial charge in [0.2, 0.25) is 0 Å². The summed E-state index contributed by atoms with van der Waals surface area (Å²) in [6, 6.07) is 3.90. The zero-order valence-corrected chi connectivity index (χ0v) is 8.11. The average Bonchev–Trinajstić information content (AvgIpc) is 2.37. The van der Waals surface area contributed by atoms with E-state index in [2.05, 4.69) is 9.62 Å². The van der Waals surface area contributed by atoms with Gasteiger partial charge in [-0.05, 0) is 40.3 Å². The van der Waals surface area contributed by atoms with E-state index in [0.717, 1.165) is 5.66 Å². The highest BCUT2D eigenvalue weighted by atomic mass is 16.3. The minimum absolute atomic E-state index is 0.222. The zero-order chi connectivity index (χ0) is 9.14. The molecule has 3 nitrogen and oxygen atoms in total. The fourth-order valence-electron chi connectivity index (χ4n) is 1.41. The summed E-state index contributed by atoms with van der Waals surface area (Å²) in [7, 11) is 8.14. The molecular formula is C8H15BN2O. The molecule has 0 radical (unpaired) electrons. The van der Waals surface area contributed by atoms with Crippen LogP contribution in [0, 0.1) is 0 Å². The Bertz CT molecular complexity index is 213. The summed E-state index contributed by atoms with van der Waals surface area (Å²) in [6.07, 6.45) is 1.70. The first-order valence-corrected chi connectivity index (χ1v) is 3.99. The van der Waals surface area contributed by atoms with Gasteiger partial charge in [0.25, 0.3) is 0 Å². The quantitative estimate of drug-likeness (QED) is 0.593. The topological polar surface area (TPSA) is 19.6 Å². The molecule has 0 saturated heterocycles. The van der Waals surface area contributed by atoms with Crippen LogP contribution in [-0.2, 0) is 0 Å². The van der Waals surface area contributed by atoms with Crippen LogP contribution in [0.4, 0.5) is 0 Å². The van der Waals surface area contributed by atoms with Crippen LogP contribution in [0.2, 0.25) is 0 Å². The molecule has 0 fully saturated rings. The first-order valence-electron chi connectivity index (χ1n) is 3.99. The average molecular weight is 166 g/mol. The van der Waals surface area contributed by atoms with Crippen LogP contribution >= 0.6 is 0 Å². The lowest BCUT2D eigenvalue weighted by Crippen LogP contribution is -2.54. The first-order chi connectivity index (χ1) is 5.63. The normalized spacial score (nSPS) is 11.2. The molecule has 0 amide bonds. The smallest absolute Gasteiger partial charge is 0.386 e. The second kappa shape index (κ2) is 3.78. The molecule has 0 aromatic carbocycles. The summed E-state index contributed by atoms with van der Waals surface area (Å²) in [4.78, 5) is 4.22. The highest BCUT2D eigenvalue weighted by molar-refractivity contribution is 6.66. The summed E-state index contributed by atoms with van der Waals surface area (Å²) in [5.41, 5.74) is 0.977. The van der Waals surface area contributed by atoms with Crippen molar-refractivity contribution in [1.29, 1.82) is 0 Å². The molecule has 1 aromatic rings. The van der Waals surface area contributed by atoms with Gasteiger partial charge in [0.15, 0.2) is 0 Å². The second-order valence-electron chi connectivity index (χ2n) is 3.32. The number of hydrogen-bond acceptors (Lipinski definition) is 3. The van der Waals surface area contributed by atoms with E-state index in [1.807, 2.05) is 40.3 Å². The third-order valence-electron chi connectivity index (χ3n) is 1.78. The Morgan fingerprint density at radius 3 is 2.08 bits per heavy atom. The lowest BCUT2D eigenvalue weighted by atomic mass is 9.70. The molecule has 0 saturated carbocycles. The molecule has 12 heavy (non-hydrogen) atoms. The summed E-state index contributed by atoms with van der Waals surface area (Å²) in [6.45, 7) is 0.222. The molecule has 0 aliphatic rings. The first kappa shape index (κ1) is 9.35. The number of nitrogens with zero attached hydrogens (tertiary/aromatic N) is 2. The minimum atomic E-state index is 0.222. The van der Waals surface area contributed by atoms with Gasteiger partial charge < -0.3 is 14.0 Å². The van der Waals surface area contributed by atoms with Crippen LogP contribution in [0.5, 0.6) is 0 Å². The maximum atomic E-state index is 5.33.